The van der Waals surface area contributed by atoms with E-state index in [1.54, 1.807) is 14.2 Å². The summed E-state index contributed by atoms with van der Waals surface area (Å²) in [5.74, 6) is 2.60. The maximum absolute atomic E-state index is 5.54. The Morgan fingerprint density at radius 2 is 1.68 bits per heavy atom. The predicted molar refractivity (Wildman–Crippen MR) is 101 cm³/mol. The van der Waals surface area contributed by atoms with E-state index in [9.17, 15) is 0 Å². The number of benzene rings is 2. The van der Waals surface area contributed by atoms with E-state index in [1.165, 1.54) is 11.1 Å². The van der Waals surface area contributed by atoms with Crippen LogP contribution in [0.2, 0.25) is 0 Å². The normalized spacial score (nSPS) is 13.6. The zero-order valence-corrected chi connectivity index (χ0v) is 14.9. The summed E-state index contributed by atoms with van der Waals surface area (Å²) in [6.07, 6.45) is 1.05. The van der Waals surface area contributed by atoms with Crippen molar-refractivity contribution in [2.45, 2.75) is 19.9 Å². The van der Waals surface area contributed by atoms with Crippen molar-refractivity contribution in [2.24, 2.45) is 0 Å². The largest absolute Gasteiger partial charge is 0.496 e. The minimum atomic E-state index is 0.776. The van der Waals surface area contributed by atoms with Crippen LogP contribution in [-0.2, 0) is 13.0 Å². The Morgan fingerprint density at radius 1 is 0.960 bits per heavy atom. The van der Waals surface area contributed by atoms with Gasteiger partial charge in [-0.3, -0.25) is 0 Å². The highest BCUT2D eigenvalue weighted by atomic mass is 16.5. The summed E-state index contributed by atoms with van der Waals surface area (Å²) in [7, 11) is 3.37. The fourth-order valence-corrected chi connectivity index (χ4v) is 3.65. The Hall–Kier alpha value is -2.75. The van der Waals surface area contributed by atoms with Crippen LogP contribution in [-0.4, -0.2) is 25.7 Å². The van der Waals surface area contributed by atoms with Crippen LogP contribution < -0.4 is 14.4 Å². The molecule has 0 unspecified atom stereocenters. The van der Waals surface area contributed by atoms with Gasteiger partial charge in [-0.05, 0) is 48.2 Å². The van der Waals surface area contributed by atoms with E-state index in [2.05, 4.69) is 42.2 Å². The third kappa shape index (κ3) is 2.68. The Kier molecular flexibility index (Phi) is 3.96. The number of nitrogens with zero attached hydrogens (tertiary/aromatic N) is 2. The lowest BCUT2D eigenvalue weighted by atomic mass is 9.99. The fraction of sp³-hybridized carbons (Fsp3) is 0.286. The lowest BCUT2D eigenvalue weighted by Gasteiger charge is -2.30. The highest BCUT2D eigenvalue weighted by molar-refractivity contribution is 5.94. The molecule has 2 heterocycles. The van der Waals surface area contributed by atoms with E-state index in [1.807, 2.05) is 12.1 Å². The zero-order chi connectivity index (χ0) is 17.4. The first-order chi connectivity index (χ1) is 12.2. The van der Waals surface area contributed by atoms with E-state index in [4.69, 9.17) is 14.5 Å². The molecule has 3 aromatic rings. The summed E-state index contributed by atoms with van der Waals surface area (Å²) in [6, 6.07) is 14.7. The van der Waals surface area contributed by atoms with Gasteiger partial charge in [-0.25, -0.2) is 4.98 Å². The highest BCUT2D eigenvalue weighted by Gasteiger charge is 2.20. The van der Waals surface area contributed by atoms with Gasteiger partial charge in [-0.2, -0.15) is 0 Å². The Bertz CT molecular complexity index is 937. The lowest BCUT2D eigenvalue weighted by molar-refractivity contribution is 0.409. The number of methoxy groups -OCH3 is 2. The number of anilines is 1. The highest BCUT2D eigenvalue weighted by Crippen LogP contribution is 2.36. The van der Waals surface area contributed by atoms with Crippen molar-refractivity contribution in [3.05, 3.63) is 59.2 Å². The first-order valence-corrected chi connectivity index (χ1v) is 8.55. The molecule has 2 aromatic carbocycles. The van der Waals surface area contributed by atoms with Crippen LogP contribution in [0.5, 0.6) is 11.5 Å². The van der Waals surface area contributed by atoms with Gasteiger partial charge in [0.25, 0.3) is 0 Å². The molecule has 1 aromatic heterocycles. The van der Waals surface area contributed by atoms with E-state index >= 15 is 0 Å². The van der Waals surface area contributed by atoms with Crippen LogP contribution in [0, 0.1) is 6.92 Å². The standard InChI is InChI=1S/C21H22N2O2/c1-14-12-19(23-11-10-15-6-4-5-7-16(15)13-23)22-21-18(25-3)9-8-17(24-2)20(14)21/h4-9,12H,10-11,13H2,1-3H3. The second-order valence-corrected chi connectivity index (χ2v) is 6.43. The zero-order valence-electron chi connectivity index (χ0n) is 14.9. The second-order valence-electron chi connectivity index (χ2n) is 6.43. The number of rotatable bonds is 3. The number of aryl methyl sites for hydroxylation is 1. The number of fused-ring (bicyclic) bond motifs is 2. The van der Waals surface area contributed by atoms with Gasteiger partial charge in [0.2, 0.25) is 0 Å². The average Bonchev–Trinajstić information content (AvgIpc) is 2.66. The molecular weight excluding hydrogens is 312 g/mol. The summed E-state index contributed by atoms with van der Waals surface area (Å²) in [4.78, 5) is 7.27. The molecule has 0 saturated heterocycles. The molecule has 128 valence electrons. The lowest BCUT2D eigenvalue weighted by Crippen LogP contribution is -2.31. The van der Waals surface area contributed by atoms with Crippen LogP contribution in [0.3, 0.4) is 0 Å². The molecule has 0 atom stereocenters. The number of aromatic nitrogens is 1. The summed E-state index contributed by atoms with van der Waals surface area (Å²) < 4.78 is 11.1. The molecule has 1 aliphatic heterocycles. The first-order valence-electron chi connectivity index (χ1n) is 8.55. The van der Waals surface area contributed by atoms with Gasteiger partial charge in [-0.15, -0.1) is 0 Å². The van der Waals surface area contributed by atoms with Gasteiger partial charge in [-0.1, -0.05) is 24.3 Å². The van der Waals surface area contributed by atoms with Gasteiger partial charge >= 0.3 is 0 Å². The minimum Gasteiger partial charge on any atom is -0.496 e. The van der Waals surface area contributed by atoms with Gasteiger partial charge < -0.3 is 14.4 Å². The molecule has 0 N–H and O–H groups in total. The Labute approximate surface area is 148 Å². The minimum absolute atomic E-state index is 0.776. The Balaban J connectivity index is 1.81. The van der Waals surface area contributed by atoms with Crippen molar-refractivity contribution in [2.75, 3.05) is 25.7 Å². The maximum Gasteiger partial charge on any atom is 0.145 e. The van der Waals surface area contributed by atoms with Gasteiger partial charge in [0.05, 0.1) is 14.2 Å². The molecule has 0 spiro atoms. The van der Waals surface area contributed by atoms with Gasteiger partial charge in [0, 0.05) is 18.5 Å². The molecule has 0 saturated carbocycles. The summed E-state index contributed by atoms with van der Waals surface area (Å²) >= 11 is 0. The number of hydrogen-bond acceptors (Lipinski definition) is 4. The predicted octanol–water partition coefficient (Wildman–Crippen LogP) is 4.12. The van der Waals surface area contributed by atoms with Crippen molar-refractivity contribution >= 4 is 16.7 Å². The maximum atomic E-state index is 5.54. The topological polar surface area (TPSA) is 34.6 Å². The van der Waals surface area contributed by atoms with Crippen LogP contribution in [0.25, 0.3) is 10.9 Å². The summed E-state index contributed by atoms with van der Waals surface area (Å²) in [5, 5.41) is 1.02. The summed E-state index contributed by atoms with van der Waals surface area (Å²) in [5.41, 5.74) is 4.83. The van der Waals surface area contributed by atoms with Gasteiger partial charge in [0.15, 0.2) is 0 Å². The molecule has 0 bridgehead atoms. The number of hydrogen-bond donors (Lipinski definition) is 0. The number of pyridine rings is 1. The van der Waals surface area contributed by atoms with Crippen molar-refractivity contribution in [1.29, 1.82) is 0 Å². The molecule has 0 aliphatic carbocycles. The van der Waals surface area contributed by atoms with E-state index in [0.717, 1.165) is 53.3 Å². The van der Waals surface area contributed by atoms with E-state index in [-0.39, 0.29) is 0 Å². The smallest absolute Gasteiger partial charge is 0.145 e. The van der Waals surface area contributed by atoms with Crippen molar-refractivity contribution < 1.29 is 9.47 Å². The van der Waals surface area contributed by atoms with Crippen molar-refractivity contribution in [1.82, 2.24) is 4.98 Å². The van der Waals surface area contributed by atoms with Crippen LogP contribution in [0.4, 0.5) is 5.82 Å². The van der Waals surface area contributed by atoms with Crippen molar-refractivity contribution in [3.63, 3.8) is 0 Å². The van der Waals surface area contributed by atoms with E-state index in [0.29, 0.717) is 0 Å². The Morgan fingerprint density at radius 3 is 2.44 bits per heavy atom. The molecule has 4 rings (SSSR count). The van der Waals surface area contributed by atoms with Gasteiger partial charge in [0.1, 0.15) is 22.8 Å². The molecule has 1 aliphatic rings. The molecule has 4 nitrogen and oxygen atoms in total. The second kappa shape index (κ2) is 6.28. The molecular formula is C21H22N2O2. The molecule has 25 heavy (non-hydrogen) atoms. The molecule has 0 fully saturated rings. The monoisotopic (exact) mass is 334 g/mol. The third-order valence-corrected chi connectivity index (χ3v) is 4.96. The van der Waals surface area contributed by atoms with Crippen LogP contribution in [0.1, 0.15) is 16.7 Å². The SMILES string of the molecule is COc1ccc(OC)c2c(C)cc(N3CCc4ccccc4C3)nc12. The molecule has 0 amide bonds. The summed E-state index contributed by atoms with van der Waals surface area (Å²) in [6.45, 7) is 3.97. The molecule has 4 heteroatoms. The first kappa shape index (κ1) is 15.8. The average molecular weight is 334 g/mol. The van der Waals surface area contributed by atoms with E-state index < -0.39 is 0 Å². The third-order valence-electron chi connectivity index (χ3n) is 4.96. The van der Waals surface area contributed by atoms with Crippen LogP contribution >= 0.6 is 0 Å². The van der Waals surface area contributed by atoms with Crippen molar-refractivity contribution in [3.8, 4) is 11.5 Å². The quantitative estimate of drug-likeness (QED) is 0.721. The molecule has 0 radical (unpaired) electrons. The fourth-order valence-electron chi connectivity index (χ4n) is 3.65. The van der Waals surface area contributed by atoms with Crippen LogP contribution in [0.15, 0.2) is 42.5 Å². The number of ether oxygens (including phenoxy) is 2.